The minimum atomic E-state index is -0.162. The fourth-order valence-corrected chi connectivity index (χ4v) is 2.02. The number of rotatable bonds is 3. The molecule has 0 unspecified atom stereocenters. The van der Waals surface area contributed by atoms with E-state index in [1.54, 1.807) is 6.20 Å². The lowest BCUT2D eigenvalue weighted by atomic mass is 10.1. The zero-order valence-corrected chi connectivity index (χ0v) is 9.35. The van der Waals surface area contributed by atoms with E-state index in [1.165, 1.54) is 0 Å². The first kappa shape index (κ1) is 11.1. The van der Waals surface area contributed by atoms with E-state index in [1.807, 2.05) is 25.3 Å². The van der Waals surface area contributed by atoms with Gasteiger partial charge in [0.05, 0.1) is 6.61 Å². The number of carbonyl (C=O) groups is 1. The molecule has 1 aromatic rings. The van der Waals surface area contributed by atoms with Crippen LogP contribution in [-0.4, -0.2) is 23.6 Å². The number of aromatic nitrogens is 1. The van der Waals surface area contributed by atoms with Crippen LogP contribution in [0.2, 0.25) is 0 Å². The zero-order chi connectivity index (χ0) is 11.4. The summed E-state index contributed by atoms with van der Waals surface area (Å²) >= 11 is 0. The zero-order valence-electron chi connectivity index (χ0n) is 9.35. The van der Waals surface area contributed by atoms with E-state index in [0.29, 0.717) is 6.61 Å². The van der Waals surface area contributed by atoms with Gasteiger partial charge in [-0.1, -0.05) is 6.07 Å². The summed E-state index contributed by atoms with van der Waals surface area (Å²) in [6.45, 7) is 2.26. The predicted octanol–water partition coefficient (Wildman–Crippen LogP) is 1.44. The van der Waals surface area contributed by atoms with Gasteiger partial charge in [-0.2, -0.15) is 0 Å². The maximum atomic E-state index is 11.5. The number of nitrogens with one attached hydrogen (secondary N) is 1. The lowest BCUT2D eigenvalue weighted by Gasteiger charge is -2.13. The molecular weight excluding hydrogens is 204 g/mol. The number of nitrogens with zero attached hydrogens (tertiary/aromatic N) is 1. The van der Waals surface area contributed by atoms with Gasteiger partial charge in [-0.25, -0.2) is 0 Å². The van der Waals surface area contributed by atoms with E-state index < -0.39 is 0 Å². The van der Waals surface area contributed by atoms with Crippen molar-refractivity contribution >= 4 is 5.97 Å². The van der Waals surface area contributed by atoms with Crippen LogP contribution in [0.5, 0.6) is 0 Å². The Labute approximate surface area is 95.0 Å². The Morgan fingerprint density at radius 3 is 3.19 bits per heavy atom. The van der Waals surface area contributed by atoms with Gasteiger partial charge in [-0.05, 0) is 31.4 Å². The first-order valence-corrected chi connectivity index (χ1v) is 5.64. The van der Waals surface area contributed by atoms with E-state index in [4.69, 9.17) is 4.74 Å². The molecule has 1 N–H and O–H groups in total. The molecule has 2 atom stereocenters. The highest BCUT2D eigenvalue weighted by Gasteiger charge is 2.30. The lowest BCUT2D eigenvalue weighted by molar-refractivity contribution is -0.145. The molecule has 4 heteroatoms. The van der Waals surface area contributed by atoms with Crippen molar-refractivity contribution in [2.45, 2.75) is 31.8 Å². The molecule has 1 fully saturated rings. The second kappa shape index (κ2) is 5.07. The molecule has 0 aliphatic carbocycles. The van der Waals surface area contributed by atoms with E-state index in [-0.39, 0.29) is 18.1 Å². The van der Waals surface area contributed by atoms with Crippen LogP contribution in [0.15, 0.2) is 24.5 Å². The second-order valence-electron chi connectivity index (χ2n) is 3.89. The summed E-state index contributed by atoms with van der Waals surface area (Å²) < 4.78 is 4.99. The third kappa shape index (κ3) is 2.39. The molecule has 0 aromatic carbocycles. The average molecular weight is 220 g/mol. The van der Waals surface area contributed by atoms with Gasteiger partial charge in [0.2, 0.25) is 0 Å². The summed E-state index contributed by atoms with van der Waals surface area (Å²) in [7, 11) is 0. The molecule has 4 nitrogen and oxygen atoms in total. The molecule has 0 saturated carbocycles. The predicted molar refractivity (Wildman–Crippen MR) is 59.8 cm³/mol. The summed E-state index contributed by atoms with van der Waals surface area (Å²) in [6, 6.07) is 4.00. The van der Waals surface area contributed by atoms with Crippen LogP contribution in [0.25, 0.3) is 0 Å². The van der Waals surface area contributed by atoms with Crippen LogP contribution in [-0.2, 0) is 9.53 Å². The number of hydrogen-bond donors (Lipinski definition) is 1. The molecule has 1 saturated heterocycles. The van der Waals surface area contributed by atoms with Crippen molar-refractivity contribution in [3.05, 3.63) is 30.1 Å². The molecule has 0 bridgehead atoms. The minimum Gasteiger partial charge on any atom is -0.465 e. The standard InChI is InChI=1S/C12H16N2O2/c1-2-16-12(15)11-6-5-10(14-11)9-4-3-7-13-8-9/h3-4,7-8,10-11,14H,2,5-6H2,1H3/t10-,11+/m0/s1. The summed E-state index contributed by atoms with van der Waals surface area (Å²) in [4.78, 5) is 15.6. The van der Waals surface area contributed by atoms with Crippen LogP contribution >= 0.6 is 0 Å². The Morgan fingerprint density at radius 1 is 1.62 bits per heavy atom. The van der Waals surface area contributed by atoms with Gasteiger partial charge in [-0.15, -0.1) is 0 Å². The van der Waals surface area contributed by atoms with Crippen LogP contribution < -0.4 is 5.32 Å². The number of esters is 1. The Hall–Kier alpha value is -1.42. The molecule has 2 heterocycles. The summed E-state index contributed by atoms with van der Waals surface area (Å²) in [5.74, 6) is -0.145. The quantitative estimate of drug-likeness (QED) is 0.783. The normalized spacial score (nSPS) is 24.3. The van der Waals surface area contributed by atoms with Crippen molar-refractivity contribution in [1.82, 2.24) is 10.3 Å². The van der Waals surface area contributed by atoms with Crippen LogP contribution in [0.1, 0.15) is 31.4 Å². The second-order valence-corrected chi connectivity index (χ2v) is 3.89. The maximum Gasteiger partial charge on any atom is 0.323 e. The Balaban J connectivity index is 1.96. The van der Waals surface area contributed by atoms with Crippen LogP contribution in [0.4, 0.5) is 0 Å². The van der Waals surface area contributed by atoms with Crippen molar-refractivity contribution in [2.24, 2.45) is 0 Å². The minimum absolute atomic E-state index is 0.145. The van der Waals surface area contributed by atoms with Crippen LogP contribution in [0, 0.1) is 0 Å². The van der Waals surface area contributed by atoms with Crippen molar-refractivity contribution in [3.63, 3.8) is 0 Å². The first-order chi connectivity index (χ1) is 7.81. The molecule has 86 valence electrons. The molecule has 16 heavy (non-hydrogen) atoms. The van der Waals surface area contributed by atoms with E-state index in [9.17, 15) is 4.79 Å². The molecular formula is C12H16N2O2. The number of pyridine rings is 1. The molecule has 1 aliphatic heterocycles. The Morgan fingerprint density at radius 2 is 2.50 bits per heavy atom. The average Bonchev–Trinajstić information content (AvgIpc) is 2.80. The van der Waals surface area contributed by atoms with Crippen LogP contribution in [0.3, 0.4) is 0 Å². The third-order valence-corrected chi connectivity index (χ3v) is 2.80. The molecule has 0 spiro atoms. The molecule has 2 rings (SSSR count). The Kier molecular flexibility index (Phi) is 3.51. The maximum absolute atomic E-state index is 11.5. The molecule has 1 aliphatic rings. The number of ether oxygens (including phenoxy) is 1. The van der Waals surface area contributed by atoms with Crippen molar-refractivity contribution in [1.29, 1.82) is 0 Å². The number of hydrogen-bond acceptors (Lipinski definition) is 4. The molecule has 0 radical (unpaired) electrons. The lowest BCUT2D eigenvalue weighted by Crippen LogP contribution is -2.33. The van der Waals surface area contributed by atoms with Gasteiger partial charge < -0.3 is 4.74 Å². The first-order valence-electron chi connectivity index (χ1n) is 5.64. The van der Waals surface area contributed by atoms with Gasteiger partial charge in [0.1, 0.15) is 6.04 Å². The third-order valence-electron chi connectivity index (χ3n) is 2.80. The highest BCUT2D eigenvalue weighted by atomic mass is 16.5. The highest BCUT2D eigenvalue weighted by Crippen LogP contribution is 2.26. The summed E-state index contributed by atoms with van der Waals surface area (Å²) in [5, 5.41) is 3.28. The van der Waals surface area contributed by atoms with Crippen molar-refractivity contribution in [3.8, 4) is 0 Å². The Bertz CT molecular complexity index is 353. The topological polar surface area (TPSA) is 51.2 Å². The van der Waals surface area contributed by atoms with E-state index in [2.05, 4.69) is 10.3 Å². The fraction of sp³-hybridized carbons (Fsp3) is 0.500. The molecule has 0 amide bonds. The summed E-state index contributed by atoms with van der Waals surface area (Å²) in [5.41, 5.74) is 1.13. The van der Waals surface area contributed by atoms with E-state index >= 15 is 0 Å². The van der Waals surface area contributed by atoms with Gasteiger partial charge >= 0.3 is 5.97 Å². The van der Waals surface area contributed by atoms with Gasteiger partial charge in [0, 0.05) is 18.4 Å². The highest BCUT2D eigenvalue weighted by molar-refractivity contribution is 5.76. The SMILES string of the molecule is CCOC(=O)[C@H]1CC[C@@H](c2cccnc2)N1. The summed E-state index contributed by atoms with van der Waals surface area (Å²) in [6.07, 6.45) is 5.38. The fourth-order valence-electron chi connectivity index (χ4n) is 2.02. The largest absolute Gasteiger partial charge is 0.465 e. The van der Waals surface area contributed by atoms with Crippen molar-refractivity contribution < 1.29 is 9.53 Å². The van der Waals surface area contributed by atoms with Gasteiger partial charge in [-0.3, -0.25) is 15.1 Å². The monoisotopic (exact) mass is 220 g/mol. The van der Waals surface area contributed by atoms with Gasteiger partial charge in [0.15, 0.2) is 0 Å². The smallest absolute Gasteiger partial charge is 0.323 e. The number of carbonyl (C=O) groups excluding carboxylic acids is 1. The molecule has 1 aromatic heterocycles. The van der Waals surface area contributed by atoms with Crippen molar-refractivity contribution in [2.75, 3.05) is 6.61 Å². The van der Waals surface area contributed by atoms with E-state index in [0.717, 1.165) is 18.4 Å². The van der Waals surface area contributed by atoms with Gasteiger partial charge in [0.25, 0.3) is 0 Å².